The number of aromatic nitrogens is 3. The van der Waals surface area contributed by atoms with Gasteiger partial charge < -0.3 is 28.9 Å². The third-order valence-electron chi connectivity index (χ3n) is 9.40. The van der Waals surface area contributed by atoms with Gasteiger partial charge in [0.1, 0.15) is 40.3 Å². The quantitative estimate of drug-likeness (QED) is 0.214. The number of aromatic amines is 1. The summed E-state index contributed by atoms with van der Waals surface area (Å²) in [7, 11) is 0. The first-order valence-electron chi connectivity index (χ1n) is 17.7. The van der Waals surface area contributed by atoms with E-state index in [1.807, 2.05) is 53.8 Å². The van der Waals surface area contributed by atoms with Crippen LogP contribution in [-0.2, 0) is 15.9 Å². The molecule has 1 saturated carbocycles. The highest BCUT2D eigenvalue weighted by Gasteiger charge is 2.38. The van der Waals surface area contributed by atoms with E-state index in [2.05, 4.69) is 46.7 Å². The third-order valence-corrected chi connectivity index (χ3v) is 9.40. The van der Waals surface area contributed by atoms with E-state index in [0.717, 1.165) is 83.1 Å². The number of benzene rings is 2. The molecule has 1 aliphatic carbocycles. The van der Waals surface area contributed by atoms with Crippen LogP contribution in [0.1, 0.15) is 103 Å². The zero-order valence-corrected chi connectivity index (χ0v) is 29.8. The molecular formula is C39H47N5O6. The van der Waals surface area contributed by atoms with E-state index in [9.17, 15) is 9.59 Å². The molecule has 1 saturated heterocycles. The van der Waals surface area contributed by atoms with E-state index in [-0.39, 0.29) is 30.2 Å². The van der Waals surface area contributed by atoms with Gasteiger partial charge in [0.25, 0.3) is 0 Å². The van der Waals surface area contributed by atoms with E-state index in [1.165, 1.54) is 0 Å². The molecule has 0 radical (unpaired) electrons. The molecule has 0 bridgehead atoms. The number of oxazole rings is 1. The van der Waals surface area contributed by atoms with Crippen LogP contribution >= 0.6 is 0 Å². The fraction of sp³-hybridized carbons (Fsp3) is 0.487. The molecule has 3 aliphatic rings. The molecular weight excluding hydrogens is 634 g/mol. The summed E-state index contributed by atoms with van der Waals surface area (Å²) < 4.78 is 23.7. The van der Waals surface area contributed by atoms with Gasteiger partial charge in [-0.15, -0.1) is 0 Å². The first kappa shape index (κ1) is 33.7. The number of ether oxygens (including phenoxy) is 3. The number of likely N-dealkylation sites (tertiary alicyclic amines) is 1. The van der Waals surface area contributed by atoms with Crippen LogP contribution in [-0.4, -0.2) is 62.4 Å². The second-order valence-corrected chi connectivity index (χ2v) is 15.5. The Morgan fingerprint density at radius 1 is 0.920 bits per heavy atom. The Balaban J connectivity index is 1.06. The van der Waals surface area contributed by atoms with Gasteiger partial charge in [-0.25, -0.2) is 19.6 Å². The van der Waals surface area contributed by atoms with Crippen molar-refractivity contribution in [1.82, 2.24) is 25.2 Å². The van der Waals surface area contributed by atoms with Crippen LogP contribution in [0.5, 0.6) is 5.75 Å². The van der Waals surface area contributed by atoms with Gasteiger partial charge in [-0.05, 0) is 96.0 Å². The predicted octanol–water partition coefficient (Wildman–Crippen LogP) is 8.57. The topological polar surface area (TPSA) is 132 Å². The zero-order chi connectivity index (χ0) is 35.2. The van der Waals surface area contributed by atoms with Gasteiger partial charge in [0.05, 0.1) is 18.5 Å². The van der Waals surface area contributed by atoms with Crippen molar-refractivity contribution in [3.05, 3.63) is 66.1 Å². The molecule has 264 valence electrons. The second-order valence-electron chi connectivity index (χ2n) is 15.5. The van der Waals surface area contributed by atoms with Crippen LogP contribution in [0.4, 0.5) is 9.59 Å². The van der Waals surface area contributed by atoms with Crippen LogP contribution in [0.15, 0.2) is 53.1 Å². The summed E-state index contributed by atoms with van der Waals surface area (Å²) in [6.45, 7) is 12.3. The molecule has 2 N–H and O–H groups in total. The lowest BCUT2D eigenvalue weighted by molar-refractivity contribution is 0.0202. The number of nitrogens with zero attached hydrogens (tertiary/aromatic N) is 3. The number of amides is 2. The van der Waals surface area contributed by atoms with Gasteiger partial charge in [0, 0.05) is 30.5 Å². The van der Waals surface area contributed by atoms with Gasteiger partial charge in [-0.1, -0.05) is 36.8 Å². The lowest BCUT2D eigenvalue weighted by Crippen LogP contribution is -2.40. The first-order chi connectivity index (χ1) is 23.8. The smallest absolute Gasteiger partial charge is 0.410 e. The molecule has 7 rings (SSSR count). The van der Waals surface area contributed by atoms with E-state index in [4.69, 9.17) is 28.6 Å². The summed E-state index contributed by atoms with van der Waals surface area (Å²) >= 11 is 0. The summed E-state index contributed by atoms with van der Waals surface area (Å²) in [5.74, 6) is 3.07. The molecule has 0 spiro atoms. The number of imidazole rings is 1. The molecule has 0 unspecified atom stereocenters. The molecule has 50 heavy (non-hydrogen) atoms. The van der Waals surface area contributed by atoms with E-state index >= 15 is 0 Å². The van der Waals surface area contributed by atoms with Crippen molar-refractivity contribution in [3.63, 3.8) is 0 Å². The summed E-state index contributed by atoms with van der Waals surface area (Å²) in [5.41, 5.74) is 4.58. The van der Waals surface area contributed by atoms with Crippen molar-refractivity contribution in [2.24, 2.45) is 0 Å². The highest BCUT2D eigenvalue weighted by atomic mass is 16.6. The Kier molecular flexibility index (Phi) is 8.86. The average molecular weight is 682 g/mol. The number of carbonyl (C=O) groups is 2. The normalized spacial score (nSPS) is 20.4. The van der Waals surface area contributed by atoms with Crippen LogP contribution in [0, 0.1) is 0 Å². The number of fused-ring (bicyclic) bond motifs is 3. The van der Waals surface area contributed by atoms with E-state index < -0.39 is 11.2 Å². The zero-order valence-electron chi connectivity index (χ0n) is 29.8. The van der Waals surface area contributed by atoms with Gasteiger partial charge >= 0.3 is 12.2 Å². The lowest BCUT2D eigenvalue weighted by atomic mass is 10.00. The number of alkyl carbamates (subject to hydrolysis) is 1. The molecule has 2 amide bonds. The molecule has 4 aromatic rings. The molecule has 2 aromatic heterocycles. The molecule has 2 aliphatic heterocycles. The SMILES string of the molecule is CC(C)(C)OC(=O)N[C@H]1CCC[C@@H]1c1ncc(-c2ccc(-c3ccc4c(c3)OCCc3oc([C@@H]5CCCN5C(=O)OC(C)(C)C)nc3-4)cc2)[nH]1. The Morgan fingerprint density at radius 2 is 1.66 bits per heavy atom. The molecule has 2 aromatic carbocycles. The van der Waals surface area contributed by atoms with Crippen molar-refractivity contribution in [2.45, 2.75) is 109 Å². The highest BCUT2D eigenvalue weighted by Crippen LogP contribution is 2.42. The predicted molar refractivity (Wildman–Crippen MR) is 189 cm³/mol. The largest absolute Gasteiger partial charge is 0.492 e. The molecule has 3 atom stereocenters. The van der Waals surface area contributed by atoms with Crippen LogP contribution in [0.25, 0.3) is 33.6 Å². The van der Waals surface area contributed by atoms with Crippen LogP contribution < -0.4 is 10.1 Å². The van der Waals surface area contributed by atoms with Crippen molar-refractivity contribution < 1.29 is 28.2 Å². The van der Waals surface area contributed by atoms with Crippen molar-refractivity contribution in [2.75, 3.05) is 13.2 Å². The summed E-state index contributed by atoms with van der Waals surface area (Å²) in [5, 5.41) is 3.06. The Morgan fingerprint density at radius 3 is 2.42 bits per heavy atom. The maximum Gasteiger partial charge on any atom is 0.410 e. The maximum atomic E-state index is 12.9. The van der Waals surface area contributed by atoms with Crippen LogP contribution in [0.3, 0.4) is 0 Å². The summed E-state index contributed by atoms with van der Waals surface area (Å²) in [6.07, 6.45) is 6.25. The fourth-order valence-electron chi connectivity index (χ4n) is 7.16. The lowest BCUT2D eigenvalue weighted by Gasteiger charge is -2.27. The molecule has 11 nitrogen and oxygen atoms in total. The standard InChI is InChI=1S/C39H47N5O6/c1-38(2,3)49-36(45)42-28-10-7-9-26(28)34-40-22-29(41-34)24-14-12-23(13-15-24)25-16-17-27-32(21-25)47-20-18-31-33(27)43-35(48-31)30-11-8-19-44(30)37(46)50-39(4,5)6/h12-17,21-22,26,28,30H,7-11,18-20H2,1-6H3,(H,40,41)(H,42,45)/t26-,28-,30-/m0/s1. The van der Waals surface area contributed by atoms with E-state index in [0.29, 0.717) is 25.5 Å². The Labute approximate surface area is 293 Å². The van der Waals surface area contributed by atoms with Crippen LogP contribution in [0.2, 0.25) is 0 Å². The maximum absolute atomic E-state index is 12.9. The number of carbonyl (C=O) groups excluding carboxylic acids is 2. The number of nitrogens with one attached hydrogen (secondary N) is 2. The average Bonchev–Trinajstić information content (AvgIpc) is 3.85. The highest BCUT2D eigenvalue weighted by molar-refractivity contribution is 5.77. The number of rotatable bonds is 5. The number of hydrogen-bond acceptors (Lipinski definition) is 8. The van der Waals surface area contributed by atoms with Crippen molar-refractivity contribution >= 4 is 12.2 Å². The minimum Gasteiger partial charge on any atom is -0.492 e. The molecule has 4 heterocycles. The van der Waals surface area contributed by atoms with Gasteiger partial charge in [-0.3, -0.25) is 4.90 Å². The first-order valence-corrected chi connectivity index (χ1v) is 17.7. The Hall–Kier alpha value is -4.80. The van der Waals surface area contributed by atoms with Gasteiger partial charge in [0.15, 0.2) is 0 Å². The fourth-order valence-corrected chi connectivity index (χ4v) is 7.16. The second kappa shape index (κ2) is 13.2. The molecule has 2 fully saturated rings. The minimum atomic E-state index is -0.572. The van der Waals surface area contributed by atoms with E-state index in [1.54, 1.807) is 4.90 Å². The Bertz CT molecular complexity index is 1860. The summed E-state index contributed by atoms with van der Waals surface area (Å²) in [4.78, 5) is 40.3. The minimum absolute atomic E-state index is 0.0174. The van der Waals surface area contributed by atoms with Crippen molar-refractivity contribution in [3.8, 4) is 39.4 Å². The third kappa shape index (κ3) is 7.22. The van der Waals surface area contributed by atoms with Crippen molar-refractivity contribution in [1.29, 1.82) is 0 Å². The molecule has 11 heteroatoms. The van der Waals surface area contributed by atoms with Gasteiger partial charge in [-0.2, -0.15) is 0 Å². The summed E-state index contributed by atoms with van der Waals surface area (Å²) in [6, 6.07) is 14.3. The number of hydrogen-bond donors (Lipinski definition) is 2. The van der Waals surface area contributed by atoms with Gasteiger partial charge in [0.2, 0.25) is 5.89 Å². The monoisotopic (exact) mass is 681 g/mol. The number of H-pyrrole nitrogens is 1.